The lowest BCUT2D eigenvalue weighted by Gasteiger charge is -2.14. The van der Waals surface area contributed by atoms with Crippen molar-refractivity contribution in [2.75, 3.05) is 5.73 Å². The van der Waals surface area contributed by atoms with Crippen LogP contribution in [0.5, 0.6) is 0 Å². The first-order valence-electron chi connectivity index (χ1n) is 5.17. The van der Waals surface area contributed by atoms with Gasteiger partial charge < -0.3 is 10.8 Å². The van der Waals surface area contributed by atoms with Gasteiger partial charge in [0.25, 0.3) is 0 Å². The van der Waals surface area contributed by atoms with Crippen molar-refractivity contribution in [3.05, 3.63) is 64.2 Å². The number of rotatable bonds is 2. The van der Waals surface area contributed by atoms with Crippen LogP contribution in [0.1, 0.15) is 17.2 Å². The normalized spacial score (nSPS) is 12.4. The summed E-state index contributed by atoms with van der Waals surface area (Å²) in [6.07, 6.45) is -1.13. The maximum absolute atomic E-state index is 13.1. The third-order valence-electron chi connectivity index (χ3n) is 2.60. The topological polar surface area (TPSA) is 46.2 Å². The number of aliphatic hydroxyl groups is 1. The minimum Gasteiger partial charge on any atom is -0.398 e. The summed E-state index contributed by atoms with van der Waals surface area (Å²) in [5.41, 5.74) is 6.63. The highest BCUT2D eigenvalue weighted by atomic mass is 35.5. The van der Waals surface area contributed by atoms with Crippen LogP contribution in [0.2, 0.25) is 5.02 Å². The fourth-order valence-corrected chi connectivity index (χ4v) is 1.84. The van der Waals surface area contributed by atoms with Gasteiger partial charge in [-0.25, -0.2) is 8.78 Å². The van der Waals surface area contributed by atoms with E-state index in [1.165, 1.54) is 12.1 Å². The Kier molecular flexibility index (Phi) is 3.50. The lowest BCUT2D eigenvalue weighted by Crippen LogP contribution is -2.04. The van der Waals surface area contributed by atoms with Crippen LogP contribution in [0.25, 0.3) is 0 Å². The van der Waals surface area contributed by atoms with Crippen molar-refractivity contribution in [1.82, 2.24) is 0 Å². The number of anilines is 1. The molecule has 0 bridgehead atoms. The molecule has 18 heavy (non-hydrogen) atoms. The van der Waals surface area contributed by atoms with Gasteiger partial charge in [-0.15, -0.1) is 0 Å². The first-order chi connectivity index (χ1) is 8.49. The van der Waals surface area contributed by atoms with E-state index in [1.54, 1.807) is 12.1 Å². The third kappa shape index (κ3) is 2.44. The Labute approximate surface area is 108 Å². The molecular formula is C13H10ClF2NO. The van der Waals surface area contributed by atoms with Gasteiger partial charge in [0, 0.05) is 16.3 Å². The van der Waals surface area contributed by atoms with E-state index in [4.69, 9.17) is 17.3 Å². The summed E-state index contributed by atoms with van der Waals surface area (Å²) < 4.78 is 25.9. The summed E-state index contributed by atoms with van der Waals surface area (Å²) in [5.74, 6) is -1.98. The average Bonchev–Trinajstić information content (AvgIpc) is 2.32. The lowest BCUT2D eigenvalue weighted by molar-refractivity contribution is 0.220. The molecule has 0 aromatic heterocycles. The molecule has 0 saturated carbocycles. The second kappa shape index (κ2) is 4.92. The molecular weight excluding hydrogens is 260 g/mol. The van der Waals surface area contributed by atoms with Crippen LogP contribution in [0.3, 0.4) is 0 Å². The van der Waals surface area contributed by atoms with Gasteiger partial charge in [0.2, 0.25) is 0 Å². The van der Waals surface area contributed by atoms with E-state index < -0.39 is 17.7 Å². The molecule has 0 saturated heterocycles. The molecule has 0 radical (unpaired) electrons. The SMILES string of the molecule is Nc1cc(Cl)ccc1C(O)c1ccc(F)c(F)c1. The number of benzene rings is 2. The van der Waals surface area contributed by atoms with Crippen LogP contribution in [0.4, 0.5) is 14.5 Å². The standard InChI is InChI=1S/C13H10ClF2NO/c14-8-2-3-9(12(17)6-8)13(18)7-1-4-10(15)11(16)5-7/h1-6,13,18H,17H2. The highest BCUT2D eigenvalue weighted by molar-refractivity contribution is 6.30. The molecule has 3 N–H and O–H groups in total. The summed E-state index contributed by atoms with van der Waals surface area (Å²) in [6, 6.07) is 7.80. The molecule has 1 unspecified atom stereocenters. The van der Waals surface area contributed by atoms with Gasteiger partial charge in [0.1, 0.15) is 6.10 Å². The van der Waals surface area contributed by atoms with E-state index in [0.717, 1.165) is 12.1 Å². The molecule has 2 aromatic rings. The first-order valence-corrected chi connectivity index (χ1v) is 5.55. The molecule has 0 heterocycles. The van der Waals surface area contributed by atoms with Crippen LogP contribution in [0.15, 0.2) is 36.4 Å². The number of hydrogen-bond acceptors (Lipinski definition) is 2. The van der Waals surface area contributed by atoms with Gasteiger partial charge in [-0.1, -0.05) is 23.7 Å². The zero-order valence-electron chi connectivity index (χ0n) is 9.20. The van der Waals surface area contributed by atoms with Gasteiger partial charge in [0.15, 0.2) is 11.6 Å². The fourth-order valence-electron chi connectivity index (χ4n) is 1.66. The molecule has 2 rings (SSSR count). The molecule has 0 fully saturated rings. The molecule has 0 aliphatic rings. The van der Waals surface area contributed by atoms with E-state index >= 15 is 0 Å². The lowest BCUT2D eigenvalue weighted by atomic mass is 10.00. The predicted molar refractivity (Wildman–Crippen MR) is 66.3 cm³/mol. The quantitative estimate of drug-likeness (QED) is 0.822. The minimum atomic E-state index is -1.13. The Hall–Kier alpha value is -1.65. The van der Waals surface area contributed by atoms with E-state index in [1.807, 2.05) is 0 Å². The van der Waals surface area contributed by atoms with Crippen LogP contribution in [-0.2, 0) is 0 Å². The summed E-state index contributed by atoms with van der Waals surface area (Å²) >= 11 is 5.74. The molecule has 5 heteroatoms. The van der Waals surface area contributed by atoms with Gasteiger partial charge in [0.05, 0.1) is 0 Å². The third-order valence-corrected chi connectivity index (χ3v) is 2.84. The Balaban J connectivity index is 2.41. The summed E-state index contributed by atoms with van der Waals surface area (Å²) in [4.78, 5) is 0. The van der Waals surface area contributed by atoms with Crippen molar-refractivity contribution in [2.45, 2.75) is 6.10 Å². The highest BCUT2D eigenvalue weighted by Crippen LogP contribution is 2.29. The van der Waals surface area contributed by atoms with Gasteiger partial charge in [-0.2, -0.15) is 0 Å². The number of nitrogens with two attached hydrogens (primary N) is 1. The molecule has 94 valence electrons. The van der Waals surface area contributed by atoms with Crippen LogP contribution < -0.4 is 5.73 Å². The predicted octanol–water partition coefficient (Wildman–Crippen LogP) is 3.28. The van der Waals surface area contributed by atoms with E-state index in [-0.39, 0.29) is 5.56 Å². The van der Waals surface area contributed by atoms with Crippen molar-refractivity contribution in [1.29, 1.82) is 0 Å². The Bertz CT molecular complexity index is 589. The maximum Gasteiger partial charge on any atom is 0.159 e. The highest BCUT2D eigenvalue weighted by Gasteiger charge is 2.15. The number of aliphatic hydroxyl groups excluding tert-OH is 1. The minimum absolute atomic E-state index is 0.225. The molecule has 1 atom stereocenters. The molecule has 0 spiro atoms. The number of halogens is 3. The fraction of sp³-hybridized carbons (Fsp3) is 0.0769. The summed E-state index contributed by atoms with van der Waals surface area (Å²) in [7, 11) is 0. The van der Waals surface area contributed by atoms with Crippen molar-refractivity contribution < 1.29 is 13.9 Å². The molecule has 0 amide bonds. The summed E-state index contributed by atoms with van der Waals surface area (Å²) in [6.45, 7) is 0. The zero-order valence-corrected chi connectivity index (χ0v) is 9.96. The van der Waals surface area contributed by atoms with Crippen LogP contribution in [-0.4, -0.2) is 5.11 Å². The summed E-state index contributed by atoms with van der Waals surface area (Å²) in [5, 5.41) is 10.5. The monoisotopic (exact) mass is 269 g/mol. The van der Waals surface area contributed by atoms with E-state index in [2.05, 4.69) is 0 Å². The number of nitrogen functional groups attached to an aromatic ring is 1. The number of hydrogen-bond donors (Lipinski definition) is 2. The van der Waals surface area contributed by atoms with Gasteiger partial charge >= 0.3 is 0 Å². The van der Waals surface area contributed by atoms with Crippen LogP contribution in [0, 0.1) is 11.6 Å². The second-order valence-corrected chi connectivity index (χ2v) is 4.29. The zero-order chi connectivity index (χ0) is 13.3. The molecule has 0 aliphatic heterocycles. The van der Waals surface area contributed by atoms with Crippen molar-refractivity contribution >= 4 is 17.3 Å². The Morgan fingerprint density at radius 1 is 1.06 bits per heavy atom. The average molecular weight is 270 g/mol. The van der Waals surface area contributed by atoms with Crippen molar-refractivity contribution in [3.8, 4) is 0 Å². The smallest absolute Gasteiger partial charge is 0.159 e. The molecule has 2 nitrogen and oxygen atoms in total. The van der Waals surface area contributed by atoms with Gasteiger partial charge in [-0.3, -0.25) is 0 Å². The van der Waals surface area contributed by atoms with E-state index in [0.29, 0.717) is 16.3 Å². The molecule has 0 aliphatic carbocycles. The second-order valence-electron chi connectivity index (χ2n) is 3.85. The largest absolute Gasteiger partial charge is 0.398 e. The Morgan fingerprint density at radius 3 is 2.39 bits per heavy atom. The first kappa shape index (κ1) is 12.8. The van der Waals surface area contributed by atoms with Gasteiger partial charge in [-0.05, 0) is 29.8 Å². The van der Waals surface area contributed by atoms with Crippen molar-refractivity contribution in [3.63, 3.8) is 0 Å². The molecule has 2 aromatic carbocycles. The van der Waals surface area contributed by atoms with Crippen molar-refractivity contribution in [2.24, 2.45) is 0 Å². The Morgan fingerprint density at radius 2 is 1.78 bits per heavy atom. The van der Waals surface area contributed by atoms with E-state index in [9.17, 15) is 13.9 Å². The van der Waals surface area contributed by atoms with Crippen LogP contribution >= 0.6 is 11.6 Å². The maximum atomic E-state index is 13.1.